The third-order valence-electron chi connectivity index (χ3n) is 7.28. The SMILES string of the molecule is CCC(C)C(NC(=O)Cc1c(F)cccc1F)C(=O)N[C@]1(C(=O)O)CCc2[nH]c3c(Cl)cc(F)cc3c2C1. The minimum atomic E-state index is -1.73. The predicted octanol–water partition coefficient (Wildman–Crippen LogP) is 4.44. The van der Waals surface area contributed by atoms with Gasteiger partial charge in [0.05, 0.1) is 17.0 Å². The largest absolute Gasteiger partial charge is 0.479 e. The summed E-state index contributed by atoms with van der Waals surface area (Å²) in [7, 11) is 0. The first kappa shape index (κ1) is 27.5. The molecule has 1 aliphatic carbocycles. The van der Waals surface area contributed by atoms with Crippen molar-refractivity contribution in [3.05, 3.63) is 69.6 Å². The minimum absolute atomic E-state index is 0.0373. The number of H-pyrrole nitrogens is 1. The second-order valence-corrected chi connectivity index (χ2v) is 10.2. The Kier molecular flexibility index (Phi) is 7.73. The second-order valence-electron chi connectivity index (χ2n) is 9.75. The molecule has 38 heavy (non-hydrogen) atoms. The van der Waals surface area contributed by atoms with E-state index < -0.39 is 64.7 Å². The highest BCUT2D eigenvalue weighted by Crippen LogP contribution is 2.37. The summed E-state index contributed by atoms with van der Waals surface area (Å²) < 4.78 is 42.2. The van der Waals surface area contributed by atoms with Crippen LogP contribution in [0.1, 0.15) is 43.5 Å². The fraction of sp³-hybridized carbons (Fsp3) is 0.370. The summed E-state index contributed by atoms with van der Waals surface area (Å²) in [4.78, 5) is 41.8. The van der Waals surface area contributed by atoms with Crippen LogP contribution in [0.25, 0.3) is 10.9 Å². The Morgan fingerprint density at radius 1 is 1.18 bits per heavy atom. The molecule has 0 aliphatic heterocycles. The van der Waals surface area contributed by atoms with E-state index in [1.165, 1.54) is 12.1 Å². The Bertz CT molecular complexity index is 1410. The summed E-state index contributed by atoms with van der Waals surface area (Å²) in [6.45, 7) is 3.49. The van der Waals surface area contributed by atoms with Crippen LogP contribution < -0.4 is 10.6 Å². The Labute approximate surface area is 221 Å². The second kappa shape index (κ2) is 10.7. The molecular formula is C27H27ClF3N3O4. The molecule has 4 rings (SSSR count). The molecule has 0 bridgehead atoms. The number of benzene rings is 2. The van der Waals surface area contributed by atoms with E-state index in [9.17, 15) is 32.7 Å². The van der Waals surface area contributed by atoms with Gasteiger partial charge in [-0.2, -0.15) is 0 Å². The number of carboxylic acids is 1. The number of hydrogen-bond donors (Lipinski definition) is 4. The molecule has 1 aromatic heterocycles. The quantitative estimate of drug-likeness (QED) is 0.333. The summed E-state index contributed by atoms with van der Waals surface area (Å²) in [5.41, 5.74) is -0.436. The van der Waals surface area contributed by atoms with E-state index in [-0.39, 0.29) is 24.3 Å². The number of rotatable bonds is 8. The molecule has 3 aromatic rings. The molecule has 1 heterocycles. The van der Waals surface area contributed by atoms with Crippen molar-refractivity contribution in [3.8, 4) is 0 Å². The van der Waals surface area contributed by atoms with Crippen LogP contribution >= 0.6 is 11.6 Å². The van der Waals surface area contributed by atoms with Gasteiger partial charge in [0, 0.05) is 23.1 Å². The lowest BCUT2D eigenvalue weighted by molar-refractivity contribution is -0.149. The molecule has 0 radical (unpaired) electrons. The lowest BCUT2D eigenvalue weighted by atomic mass is 9.79. The van der Waals surface area contributed by atoms with Crippen molar-refractivity contribution in [2.24, 2.45) is 5.92 Å². The van der Waals surface area contributed by atoms with E-state index in [1.807, 2.05) is 0 Å². The number of aromatic nitrogens is 1. The van der Waals surface area contributed by atoms with Gasteiger partial charge < -0.3 is 20.7 Å². The van der Waals surface area contributed by atoms with Crippen LogP contribution in [0.5, 0.6) is 0 Å². The van der Waals surface area contributed by atoms with Gasteiger partial charge in [-0.25, -0.2) is 18.0 Å². The van der Waals surface area contributed by atoms with Crippen molar-refractivity contribution in [2.75, 3.05) is 0 Å². The molecule has 7 nitrogen and oxygen atoms in total. The number of aliphatic carboxylic acids is 1. The number of fused-ring (bicyclic) bond motifs is 3. The normalized spacial score (nSPS) is 18.5. The number of carboxylic acid groups (broad SMARTS) is 1. The maximum absolute atomic E-state index is 14.1. The van der Waals surface area contributed by atoms with Gasteiger partial charge in [0.25, 0.3) is 0 Å². The lowest BCUT2D eigenvalue weighted by Gasteiger charge is -2.36. The molecule has 1 aliphatic rings. The molecular weight excluding hydrogens is 523 g/mol. The molecule has 2 aromatic carbocycles. The van der Waals surface area contributed by atoms with Crippen LogP contribution in [0.3, 0.4) is 0 Å². The number of hydrogen-bond acceptors (Lipinski definition) is 3. The van der Waals surface area contributed by atoms with Gasteiger partial charge in [0.2, 0.25) is 11.8 Å². The van der Waals surface area contributed by atoms with Crippen molar-refractivity contribution in [2.45, 2.75) is 57.5 Å². The van der Waals surface area contributed by atoms with Crippen LogP contribution in [0.2, 0.25) is 5.02 Å². The van der Waals surface area contributed by atoms with E-state index in [4.69, 9.17) is 11.6 Å². The van der Waals surface area contributed by atoms with Gasteiger partial charge in [-0.3, -0.25) is 9.59 Å². The first-order valence-corrected chi connectivity index (χ1v) is 12.6. The minimum Gasteiger partial charge on any atom is -0.479 e. The van der Waals surface area contributed by atoms with Crippen LogP contribution in [-0.2, 0) is 33.6 Å². The maximum Gasteiger partial charge on any atom is 0.329 e. The number of carbonyl (C=O) groups is 3. The van der Waals surface area contributed by atoms with Crippen LogP contribution in [0, 0.1) is 23.4 Å². The van der Waals surface area contributed by atoms with E-state index in [0.29, 0.717) is 28.6 Å². The summed E-state index contributed by atoms with van der Waals surface area (Å²) in [5, 5.41) is 15.9. The van der Waals surface area contributed by atoms with Crippen molar-refractivity contribution in [1.29, 1.82) is 0 Å². The van der Waals surface area contributed by atoms with Gasteiger partial charge in [0.1, 0.15) is 29.0 Å². The van der Waals surface area contributed by atoms with E-state index in [2.05, 4.69) is 15.6 Å². The zero-order valence-corrected chi connectivity index (χ0v) is 21.5. The molecule has 0 saturated heterocycles. The lowest BCUT2D eigenvalue weighted by Crippen LogP contribution is -2.62. The molecule has 202 valence electrons. The number of carbonyl (C=O) groups excluding carboxylic acids is 2. The van der Waals surface area contributed by atoms with Crippen molar-refractivity contribution in [1.82, 2.24) is 15.6 Å². The van der Waals surface area contributed by atoms with E-state index in [1.54, 1.807) is 13.8 Å². The van der Waals surface area contributed by atoms with Crippen molar-refractivity contribution >= 4 is 40.3 Å². The predicted molar refractivity (Wildman–Crippen MR) is 135 cm³/mol. The Morgan fingerprint density at radius 3 is 2.50 bits per heavy atom. The Hall–Kier alpha value is -3.53. The van der Waals surface area contributed by atoms with Gasteiger partial charge in [-0.15, -0.1) is 0 Å². The number of amides is 2. The summed E-state index contributed by atoms with van der Waals surface area (Å²) in [6.07, 6.45) is -0.0213. The number of halogens is 4. The van der Waals surface area contributed by atoms with Crippen LogP contribution in [-0.4, -0.2) is 39.5 Å². The van der Waals surface area contributed by atoms with Gasteiger partial charge in [0.15, 0.2) is 0 Å². The summed E-state index contributed by atoms with van der Waals surface area (Å²) >= 11 is 6.17. The molecule has 2 unspecified atom stereocenters. The van der Waals surface area contributed by atoms with Gasteiger partial charge in [-0.1, -0.05) is 37.9 Å². The van der Waals surface area contributed by atoms with Crippen molar-refractivity contribution < 1.29 is 32.7 Å². The van der Waals surface area contributed by atoms with Gasteiger partial charge >= 0.3 is 5.97 Å². The average molecular weight is 550 g/mol. The third kappa shape index (κ3) is 5.22. The first-order valence-electron chi connectivity index (χ1n) is 12.2. The third-order valence-corrected chi connectivity index (χ3v) is 7.58. The van der Waals surface area contributed by atoms with E-state index in [0.717, 1.165) is 18.2 Å². The highest BCUT2D eigenvalue weighted by atomic mass is 35.5. The molecule has 3 atom stereocenters. The zero-order valence-electron chi connectivity index (χ0n) is 20.8. The molecule has 0 spiro atoms. The Balaban J connectivity index is 1.59. The molecule has 11 heteroatoms. The monoisotopic (exact) mass is 549 g/mol. The molecule has 2 amide bonds. The number of aromatic amines is 1. The summed E-state index contributed by atoms with van der Waals surface area (Å²) in [6, 6.07) is 4.50. The fourth-order valence-corrected chi connectivity index (χ4v) is 5.17. The van der Waals surface area contributed by atoms with Crippen LogP contribution in [0.4, 0.5) is 13.2 Å². The fourth-order valence-electron chi connectivity index (χ4n) is 4.92. The van der Waals surface area contributed by atoms with Crippen molar-refractivity contribution in [3.63, 3.8) is 0 Å². The zero-order chi connectivity index (χ0) is 27.8. The summed E-state index contributed by atoms with van der Waals surface area (Å²) in [5.74, 6) is -5.58. The highest BCUT2D eigenvalue weighted by Gasteiger charge is 2.45. The molecule has 0 saturated carbocycles. The Morgan fingerprint density at radius 2 is 1.87 bits per heavy atom. The first-order chi connectivity index (χ1) is 18.0. The van der Waals surface area contributed by atoms with E-state index >= 15 is 0 Å². The average Bonchev–Trinajstić information content (AvgIpc) is 3.22. The topological polar surface area (TPSA) is 111 Å². The maximum atomic E-state index is 14.1. The highest BCUT2D eigenvalue weighted by molar-refractivity contribution is 6.35. The van der Waals surface area contributed by atoms with Crippen LogP contribution in [0.15, 0.2) is 30.3 Å². The molecule has 4 N–H and O–H groups in total. The number of nitrogens with one attached hydrogen (secondary N) is 3. The standard InChI is InChI=1S/C27H27ClF3N3O4/c1-3-13(2)23(33-22(35)11-16-19(30)5-4-6-20(16)31)25(36)34-27(26(37)38)8-7-21-17(12-27)15-9-14(29)10-18(28)24(15)32-21/h4-6,9-10,13,23,32H,3,7-8,11-12H2,1-2H3,(H,33,35)(H,34,36)(H,37,38)/t13?,23?,27-/m1/s1. The number of aryl methyl sites for hydroxylation is 1. The molecule has 0 fully saturated rings. The van der Waals surface area contributed by atoms with Gasteiger partial charge in [-0.05, 0) is 48.6 Å². The smallest absolute Gasteiger partial charge is 0.329 e.